The number of aliphatic hydroxyl groups is 1. The smallest absolute Gasteiger partial charge is 0.303 e. The number of ether oxygens (including phenoxy) is 2. The highest BCUT2D eigenvalue weighted by atomic mass is 16.5. The van der Waals surface area contributed by atoms with E-state index in [-0.39, 0.29) is 18.8 Å². The van der Waals surface area contributed by atoms with Gasteiger partial charge in [0.1, 0.15) is 17.1 Å². The summed E-state index contributed by atoms with van der Waals surface area (Å²) in [6.45, 7) is 10.6. The monoisotopic (exact) mass is 537 g/mol. The highest BCUT2D eigenvalue weighted by Crippen LogP contribution is 2.58. The summed E-state index contributed by atoms with van der Waals surface area (Å²) in [5.74, 6) is -4.18. The third-order valence-corrected chi connectivity index (χ3v) is 9.11. The molecule has 8 heteroatoms. The number of amides is 1. The molecule has 2 fully saturated rings. The Morgan fingerprint density at radius 1 is 1.18 bits per heavy atom. The zero-order chi connectivity index (χ0) is 28.7. The maximum Gasteiger partial charge on any atom is 0.303 e. The summed E-state index contributed by atoms with van der Waals surface area (Å²) in [4.78, 5) is 54.2. The van der Waals surface area contributed by atoms with Crippen LogP contribution >= 0.6 is 0 Å². The van der Waals surface area contributed by atoms with Crippen molar-refractivity contribution in [2.45, 2.75) is 70.8 Å². The highest BCUT2D eigenvalue weighted by Gasteiger charge is 2.69. The maximum absolute atomic E-state index is 14.6. The predicted molar refractivity (Wildman–Crippen MR) is 144 cm³/mol. The fourth-order valence-corrected chi connectivity index (χ4v) is 7.09. The minimum absolute atomic E-state index is 0.265. The van der Waals surface area contributed by atoms with Gasteiger partial charge in [-0.3, -0.25) is 19.2 Å². The molecule has 1 saturated heterocycles. The third-order valence-electron chi connectivity index (χ3n) is 9.11. The molecule has 0 aromatic heterocycles. The van der Waals surface area contributed by atoms with Gasteiger partial charge in [-0.25, -0.2) is 0 Å². The van der Waals surface area contributed by atoms with Gasteiger partial charge < -0.3 is 19.9 Å². The van der Waals surface area contributed by atoms with E-state index in [2.05, 4.69) is 11.9 Å². The van der Waals surface area contributed by atoms with Crippen molar-refractivity contribution >= 4 is 23.4 Å². The average molecular weight is 538 g/mol. The lowest BCUT2D eigenvalue weighted by Gasteiger charge is -2.50. The number of hydrogen-bond acceptors (Lipinski definition) is 7. The van der Waals surface area contributed by atoms with Crippen molar-refractivity contribution in [2.75, 3.05) is 7.11 Å². The molecule has 210 valence electrons. The molecule has 2 N–H and O–H groups in total. The maximum atomic E-state index is 14.6. The van der Waals surface area contributed by atoms with Gasteiger partial charge in [0, 0.05) is 44.2 Å². The standard InChI is InChI=1S/C31H39NO7/c1-17-11-10-14-22-27(39-20(4)33)19(3)18(2)26-23(15-21-12-8-7-9-13-21)32-29(36)31(22,26)24(34)16-25(38-6)30(5,37)28(17)35/h7-10,12-14,17-18,22-23,25-27,37H,3,11,15-16H2,1-2,4-6H3,(H,32,36)/b14-10+/t17-,18+,22-,23-,25?,26-,27+,30+,31?/m0/s1. The number of ketones is 2. The molecule has 1 aromatic carbocycles. The van der Waals surface area contributed by atoms with Crippen LogP contribution in [0.4, 0.5) is 0 Å². The number of esters is 1. The van der Waals surface area contributed by atoms with Gasteiger partial charge in [0.15, 0.2) is 11.6 Å². The lowest BCUT2D eigenvalue weighted by molar-refractivity contribution is -0.167. The van der Waals surface area contributed by atoms with Crippen LogP contribution in [0.1, 0.15) is 46.1 Å². The summed E-state index contributed by atoms with van der Waals surface area (Å²) >= 11 is 0. The van der Waals surface area contributed by atoms with Gasteiger partial charge in [0.2, 0.25) is 5.91 Å². The van der Waals surface area contributed by atoms with Gasteiger partial charge in [-0.15, -0.1) is 0 Å². The lowest BCUT2D eigenvalue weighted by atomic mass is 9.51. The molecule has 9 atom stereocenters. The Morgan fingerprint density at radius 3 is 2.46 bits per heavy atom. The molecule has 0 radical (unpaired) electrons. The van der Waals surface area contributed by atoms with Crippen molar-refractivity contribution in [1.82, 2.24) is 5.32 Å². The number of carbonyl (C=O) groups is 4. The molecule has 8 nitrogen and oxygen atoms in total. The first-order valence-corrected chi connectivity index (χ1v) is 13.6. The van der Waals surface area contributed by atoms with Gasteiger partial charge in [0.05, 0.1) is 6.10 Å². The average Bonchev–Trinajstić information content (AvgIpc) is 3.18. The molecule has 3 aliphatic rings. The summed E-state index contributed by atoms with van der Waals surface area (Å²) in [5, 5.41) is 14.4. The van der Waals surface area contributed by atoms with Crippen LogP contribution in [-0.2, 0) is 35.1 Å². The molecule has 1 spiro atoms. The number of methoxy groups -OCH3 is 1. The van der Waals surface area contributed by atoms with Crippen LogP contribution < -0.4 is 5.32 Å². The van der Waals surface area contributed by atoms with E-state index in [0.717, 1.165) is 5.56 Å². The number of benzene rings is 1. The summed E-state index contributed by atoms with van der Waals surface area (Å²) in [7, 11) is 1.34. The molecular formula is C31H39NO7. The van der Waals surface area contributed by atoms with E-state index in [9.17, 15) is 24.3 Å². The second kappa shape index (κ2) is 10.8. The number of rotatable bonds is 4. The van der Waals surface area contributed by atoms with Gasteiger partial charge in [0.25, 0.3) is 0 Å². The van der Waals surface area contributed by atoms with E-state index < -0.39 is 70.5 Å². The topological polar surface area (TPSA) is 119 Å². The largest absolute Gasteiger partial charge is 0.457 e. The van der Waals surface area contributed by atoms with Gasteiger partial charge in [-0.05, 0) is 36.8 Å². The molecule has 1 aliphatic heterocycles. The van der Waals surface area contributed by atoms with Crippen molar-refractivity contribution in [3.05, 3.63) is 60.2 Å². The fraction of sp³-hybridized carbons (Fsp3) is 0.548. The van der Waals surface area contributed by atoms with Gasteiger partial charge in [-0.2, -0.15) is 0 Å². The van der Waals surface area contributed by atoms with Crippen LogP contribution in [0.3, 0.4) is 0 Å². The second-order valence-electron chi connectivity index (χ2n) is 11.5. The van der Waals surface area contributed by atoms with E-state index in [1.165, 1.54) is 21.0 Å². The molecule has 4 rings (SSSR count). The van der Waals surface area contributed by atoms with Crippen molar-refractivity contribution in [3.8, 4) is 0 Å². The predicted octanol–water partition coefficient (Wildman–Crippen LogP) is 2.97. The Labute approximate surface area is 229 Å². The third kappa shape index (κ3) is 4.78. The Hall–Kier alpha value is -3.10. The van der Waals surface area contributed by atoms with Crippen LogP contribution in [0.2, 0.25) is 0 Å². The summed E-state index contributed by atoms with van der Waals surface area (Å²) in [5.41, 5.74) is -1.92. The zero-order valence-electron chi connectivity index (χ0n) is 23.3. The van der Waals surface area contributed by atoms with E-state index in [1.807, 2.05) is 37.3 Å². The fourth-order valence-electron chi connectivity index (χ4n) is 7.09. The number of hydrogen-bond donors (Lipinski definition) is 2. The SMILES string of the molecule is C=C1[C@@H](C)[C@H]2[C@H](Cc3ccccc3)NC(=O)C23C(=O)CC(OC)[C@@](C)(O)C(=O)[C@@H](C)C/C=C/[C@H]3[C@@H]1OC(C)=O. The Kier molecular flexibility index (Phi) is 8.01. The summed E-state index contributed by atoms with van der Waals surface area (Å²) in [6.07, 6.45) is 1.82. The van der Waals surface area contributed by atoms with Crippen LogP contribution in [0.25, 0.3) is 0 Å². The summed E-state index contributed by atoms with van der Waals surface area (Å²) in [6, 6.07) is 9.33. The molecule has 2 unspecified atom stereocenters. The van der Waals surface area contributed by atoms with E-state index in [1.54, 1.807) is 19.1 Å². The number of carbonyl (C=O) groups excluding carboxylic acids is 4. The minimum Gasteiger partial charge on any atom is -0.457 e. The Bertz CT molecular complexity index is 1190. The van der Waals surface area contributed by atoms with Gasteiger partial charge >= 0.3 is 5.97 Å². The van der Waals surface area contributed by atoms with Crippen molar-refractivity contribution in [3.63, 3.8) is 0 Å². The Morgan fingerprint density at radius 2 is 1.85 bits per heavy atom. The van der Waals surface area contributed by atoms with Gasteiger partial charge in [-0.1, -0.05) is 62.9 Å². The number of Topliss-reactive ketones (excluding diaryl/α,β-unsaturated/α-hetero) is 2. The summed E-state index contributed by atoms with van der Waals surface area (Å²) < 4.78 is 11.3. The van der Waals surface area contributed by atoms with Crippen LogP contribution in [0.5, 0.6) is 0 Å². The molecule has 1 heterocycles. The molecule has 2 aliphatic carbocycles. The van der Waals surface area contributed by atoms with E-state index in [4.69, 9.17) is 9.47 Å². The normalized spacial score (nSPS) is 39.7. The van der Waals surface area contributed by atoms with E-state index in [0.29, 0.717) is 12.0 Å². The van der Waals surface area contributed by atoms with Crippen LogP contribution in [0.15, 0.2) is 54.6 Å². The molecule has 1 amide bonds. The second-order valence-corrected chi connectivity index (χ2v) is 11.5. The molecule has 0 bridgehead atoms. The van der Waals surface area contributed by atoms with Crippen molar-refractivity contribution in [2.24, 2.45) is 29.1 Å². The Balaban J connectivity index is 1.92. The first-order valence-electron chi connectivity index (χ1n) is 13.6. The molecule has 1 saturated carbocycles. The van der Waals surface area contributed by atoms with Crippen molar-refractivity contribution < 1.29 is 33.8 Å². The quantitative estimate of drug-likeness (QED) is 0.344. The van der Waals surface area contributed by atoms with Crippen molar-refractivity contribution in [1.29, 1.82) is 0 Å². The molecular weight excluding hydrogens is 498 g/mol. The minimum atomic E-state index is -1.94. The molecule has 1 aromatic rings. The number of nitrogens with one attached hydrogen (secondary N) is 1. The van der Waals surface area contributed by atoms with Crippen LogP contribution in [-0.4, -0.2) is 59.5 Å². The first-order chi connectivity index (χ1) is 18.4. The van der Waals surface area contributed by atoms with E-state index >= 15 is 0 Å². The zero-order valence-corrected chi connectivity index (χ0v) is 23.3. The highest BCUT2D eigenvalue weighted by molar-refractivity contribution is 6.10. The number of allylic oxidation sites excluding steroid dienone is 1. The first kappa shape index (κ1) is 28.9. The molecule has 39 heavy (non-hydrogen) atoms. The van der Waals surface area contributed by atoms with Crippen LogP contribution in [0, 0.1) is 29.1 Å². The lowest BCUT2D eigenvalue weighted by Crippen LogP contribution is -2.60.